The fourth-order valence-corrected chi connectivity index (χ4v) is 2.48. The number of ether oxygens (including phenoxy) is 3. The summed E-state index contributed by atoms with van der Waals surface area (Å²) in [4.78, 5) is 13.7. The van der Waals surface area contributed by atoms with Crippen LogP contribution in [0.1, 0.15) is 26.2 Å². The fraction of sp³-hybridized carbons (Fsp3) is 0.786. The van der Waals surface area contributed by atoms with Gasteiger partial charge in [0, 0.05) is 26.8 Å². The quantitative estimate of drug-likeness (QED) is 0.686. The first-order valence-electron chi connectivity index (χ1n) is 7.41. The summed E-state index contributed by atoms with van der Waals surface area (Å²) < 4.78 is 16.2. The molecule has 0 spiro atoms. The van der Waals surface area contributed by atoms with E-state index in [9.17, 15) is 4.79 Å². The van der Waals surface area contributed by atoms with Gasteiger partial charge in [-0.05, 0) is 19.0 Å². The van der Waals surface area contributed by atoms with Crippen LogP contribution in [0.2, 0.25) is 0 Å². The van der Waals surface area contributed by atoms with Gasteiger partial charge in [-0.25, -0.2) is 4.79 Å². The molecule has 1 fully saturated rings. The second-order valence-corrected chi connectivity index (χ2v) is 5.19. The van der Waals surface area contributed by atoms with Gasteiger partial charge in [-0.3, -0.25) is 10.2 Å². The van der Waals surface area contributed by atoms with Crippen LogP contribution in [0.4, 0.5) is 4.79 Å². The number of unbranched alkanes of at least 4 members (excludes halogenated alkanes) is 1. The molecule has 0 saturated carbocycles. The van der Waals surface area contributed by atoms with Gasteiger partial charge in [0.15, 0.2) is 6.29 Å². The Kier molecular flexibility index (Phi) is 5.98. The number of urea groups is 1. The van der Waals surface area contributed by atoms with Crippen LogP contribution in [0.5, 0.6) is 0 Å². The Morgan fingerprint density at radius 1 is 1.48 bits per heavy atom. The third kappa shape index (κ3) is 3.94. The Balaban J connectivity index is 1.90. The summed E-state index contributed by atoms with van der Waals surface area (Å²) in [6.07, 6.45) is 5.37. The third-order valence-corrected chi connectivity index (χ3v) is 3.72. The Morgan fingerprint density at radius 2 is 2.29 bits per heavy atom. The number of hydrogen-bond acceptors (Lipinski definition) is 5. The van der Waals surface area contributed by atoms with E-state index in [1.165, 1.54) is 0 Å². The molecule has 2 rings (SSSR count). The molecule has 2 aliphatic rings. The van der Waals surface area contributed by atoms with E-state index < -0.39 is 6.29 Å². The number of methoxy groups -OCH3 is 2. The van der Waals surface area contributed by atoms with E-state index in [1.54, 1.807) is 25.3 Å². The van der Waals surface area contributed by atoms with E-state index in [2.05, 4.69) is 17.6 Å². The van der Waals surface area contributed by atoms with Crippen molar-refractivity contribution in [2.45, 2.75) is 51.0 Å². The van der Waals surface area contributed by atoms with Gasteiger partial charge in [-0.1, -0.05) is 13.3 Å². The molecule has 120 valence electrons. The van der Waals surface area contributed by atoms with Crippen molar-refractivity contribution in [3.8, 4) is 0 Å². The number of carbonyl (C=O) groups is 1. The number of nitrogens with one attached hydrogen (secondary N) is 2. The van der Waals surface area contributed by atoms with Crippen LogP contribution in [0.15, 0.2) is 12.3 Å². The number of amides is 2. The van der Waals surface area contributed by atoms with E-state index in [1.807, 2.05) is 6.08 Å². The van der Waals surface area contributed by atoms with Crippen LogP contribution in [0, 0.1) is 0 Å². The highest BCUT2D eigenvalue weighted by atomic mass is 16.7. The topological polar surface area (TPSA) is 72.1 Å². The third-order valence-electron chi connectivity index (χ3n) is 3.72. The molecule has 2 heterocycles. The van der Waals surface area contributed by atoms with Gasteiger partial charge in [0.1, 0.15) is 18.5 Å². The molecular formula is C14H25N3O4. The summed E-state index contributed by atoms with van der Waals surface area (Å²) in [7, 11) is 3.18. The van der Waals surface area contributed by atoms with Crippen LogP contribution < -0.4 is 10.6 Å². The molecular weight excluding hydrogens is 274 g/mol. The van der Waals surface area contributed by atoms with Crippen molar-refractivity contribution in [1.82, 2.24) is 15.5 Å². The normalized spacial score (nSPS) is 32.5. The van der Waals surface area contributed by atoms with Crippen molar-refractivity contribution in [1.29, 1.82) is 0 Å². The van der Waals surface area contributed by atoms with Gasteiger partial charge in [-0.2, -0.15) is 0 Å². The minimum atomic E-state index is -0.443. The first-order chi connectivity index (χ1) is 10.2. The molecule has 0 aliphatic carbocycles. The Morgan fingerprint density at radius 3 is 2.86 bits per heavy atom. The first-order valence-corrected chi connectivity index (χ1v) is 7.41. The maximum Gasteiger partial charge on any atom is 0.325 e. The molecule has 0 aromatic carbocycles. The van der Waals surface area contributed by atoms with E-state index in [4.69, 9.17) is 14.2 Å². The predicted molar refractivity (Wildman–Crippen MR) is 77.3 cm³/mol. The van der Waals surface area contributed by atoms with E-state index in [0.717, 1.165) is 19.4 Å². The average molecular weight is 299 g/mol. The molecule has 4 unspecified atom stereocenters. The largest absolute Gasteiger partial charge is 0.376 e. The molecule has 0 aromatic heterocycles. The molecule has 2 aliphatic heterocycles. The van der Waals surface area contributed by atoms with Gasteiger partial charge < -0.3 is 19.5 Å². The second-order valence-electron chi connectivity index (χ2n) is 5.19. The van der Waals surface area contributed by atoms with Crippen molar-refractivity contribution in [3.05, 3.63) is 12.3 Å². The van der Waals surface area contributed by atoms with Crippen molar-refractivity contribution < 1.29 is 19.0 Å². The molecule has 2 N–H and O–H groups in total. The van der Waals surface area contributed by atoms with Crippen molar-refractivity contribution >= 4 is 6.03 Å². The van der Waals surface area contributed by atoms with Crippen molar-refractivity contribution in [2.75, 3.05) is 20.8 Å². The Bertz CT molecular complexity index is 365. The molecule has 21 heavy (non-hydrogen) atoms. The highest BCUT2D eigenvalue weighted by Crippen LogP contribution is 2.26. The Labute approximate surface area is 125 Å². The number of carbonyl (C=O) groups excluding carboxylic acids is 1. The number of hydrogen-bond donors (Lipinski definition) is 2. The summed E-state index contributed by atoms with van der Waals surface area (Å²) in [5.74, 6) is 0. The number of rotatable bonds is 7. The molecule has 7 nitrogen and oxygen atoms in total. The minimum Gasteiger partial charge on any atom is -0.376 e. The SMILES string of the molecule is CCCCNC1C=CN(C2CC(OC)C(OC)O2)C(=O)N1. The van der Waals surface area contributed by atoms with Crippen LogP contribution in [0.3, 0.4) is 0 Å². The second kappa shape index (κ2) is 7.74. The molecule has 0 bridgehead atoms. The van der Waals surface area contributed by atoms with Crippen LogP contribution in [-0.4, -0.2) is 56.5 Å². The minimum absolute atomic E-state index is 0.127. The average Bonchev–Trinajstić information content (AvgIpc) is 2.90. The smallest absolute Gasteiger partial charge is 0.325 e. The lowest BCUT2D eigenvalue weighted by molar-refractivity contribution is -0.168. The standard InChI is InChI=1S/C14H25N3O4/c1-4-5-7-15-11-6-8-17(14(18)16-11)12-9-10(19-2)13(20-3)21-12/h6,8,10-13,15H,4-5,7,9H2,1-3H3,(H,16,18). The molecule has 2 amide bonds. The molecule has 7 heteroatoms. The van der Waals surface area contributed by atoms with E-state index >= 15 is 0 Å². The van der Waals surface area contributed by atoms with E-state index in [-0.39, 0.29) is 24.5 Å². The summed E-state index contributed by atoms with van der Waals surface area (Å²) in [5, 5.41) is 6.16. The number of nitrogens with zero attached hydrogens (tertiary/aromatic N) is 1. The van der Waals surface area contributed by atoms with Crippen LogP contribution in [0.25, 0.3) is 0 Å². The lowest BCUT2D eigenvalue weighted by Crippen LogP contribution is -2.54. The lowest BCUT2D eigenvalue weighted by Gasteiger charge is -2.31. The summed E-state index contributed by atoms with van der Waals surface area (Å²) in [5.41, 5.74) is 0. The summed E-state index contributed by atoms with van der Waals surface area (Å²) in [6, 6.07) is -0.178. The van der Waals surface area contributed by atoms with Gasteiger partial charge in [0.05, 0.1) is 0 Å². The maximum atomic E-state index is 12.2. The zero-order chi connectivity index (χ0) is 15.2. The predicted octanol–water partition coefficient (Wildman–Crippen LogP) is 0.975. The highest BCUT2D eigenvalue weighted by molar-refractivity contribution is 5.77. The summed E-state index contributed by atoms with van der Waals surface area (Å²) >= 11 is 0. The van der Waals surface area contributed by atoms with Crippen molar-refractivity contribution in [3.63, 3.8) is 0 Å². The lowest BCUT2D eigenvalue weighted by atomic mass is 10.2. The molecule has 0 aromatic rings. The van der Waals surface area contributed by atoms with Crippen LogP contribution >= 0.6 is 0 Å². The zero-order valence-corrected chi connectivity index (χ0v) is 12.9. The zero-order valence-electron chi connectivity index (χ0n) is 12.9. The first kappa shape index (κ1) is 16.2. The fourth-order valence-electron chi connectivity index (χ4n) is 2.48. The van der Waals surface area contributed by atoms with Crippen molar-refractivity contribution in [2.24, 2.45) is 0 Å². The molecule has 1 saturated heterocycles. The van der Waals surface area contributed by atoms with Gasteiger partial charge >= 0.3 is 6.03 Å². The Hall–Kier alpha value is -1.15. The molecule has 0 radical (unpaired) electrons. The van der Waals surface area contributed by atoms with E-state index in [0.29, 0.717) is 6.42 Å². The molecule has 4 atom stereocenters. The summed E-state index contributed by atoms with van der Waals surface area (Å²) in [6.45, 7) is 3.01. The monoisotopic (exact) mass is 299 g/mol. The van der Waals surface area contributed by atoms with Gasteiger partial charge in [0.25, 0.3) is 0 Å². The van der Waals surface area contributed by atoms with Gasteiger partial charge in [0.2, 0.25) is 0 Å². The highest BCUT2D eigenvalue weighted by Gasteiger charge is 2.40. The maximum absolute atomic E-state index is 12.2. The van der Waals surface area contributed by atoms with Crippen LogP contribution in [-0.2, 0) is 14.2 Å². The van der Waals surface area contributed by atoms with Gasteiger partial charge in [-0.15, -0.1) is 0 Å².